The van der Waals surface area contributed by atoms with Crippen LogP contribution in [0.2, 0.25) is 0 Å². The third-order valence-electron chi connectivity index (χ3n) is 4.98. The summed E-state index contributed by atoms with van der Waals surface area (Å²) in [5.74, 6) is -1.20. The van der Waals surface area contributed by atoms with Gasteiger partial charge in [-0.25, -0.2) is 9.59 Å². The van der Waals surface area contributed by atoms with Crippen molar-refractivity contribution in [1.82, 2.24) is 4.57 Å². The average Bonchev–Trinajstić information content (AvgIpc) is 3.15. The highest BCUT2D eigenvalue weighted by molar-refractivity contribution is 5.97. The second kappa shape index (κ2) is 9.71. The largest absolute Gasteiger partial charge is 0.464 e. The minimum atomic E-state index is -0.701. The van der Waals surface area contributed by atoms with Gasteiger partial charge in [-0.05, 0) is 37.6 Å². The molecule has 0 aliphatic carbocycles. The molecule has 0 amide bonds. The highest BCUT2D eigenvalue weighted by Crippen LogP contribution is 2.32. The molecule has 164 valence electrons. The van der Waals surface area contributed by atoms with Crippen LogP contribution >= 0.6 is 0 Å². The third-order valence-corrected chi connectivity index (χ3v) is 4.98. The van der Waals surface area contributed by atoms with E-state index in [1.165, 1.54) is 17.9 Å². The molecule has 3 aromatic rings. The molecule has 1 atom stereocenters. The normalized spacial score (nSPS) is 11.3. The minimum Gasteiger partial charge on any atom is -0.464 e. The van der Waals surface area contributed by atoms with Crippen LogP contribution in [0.1, 0.15) is 51.9 Å². The van der Waals surface area contributed by atoms with E-state index < -0.39 is 11.9 Å². The lowest BCUT2D eigenvalue weighted by molar-refractivity contribution is 0.0525. The molecule has 1 unspecified atom stereocenters. The molecule has 0 aliphatic heterocycles. The summed E-state index contributed by atoms with van der Waals surface area (Å²) in [4.78, 5) is 24.9. The Morgan fingerprint density at radius 1 is 1.19 bits per heavy atom. The molecule has 1 aromatic heterocycles. The van der Waals surface area contributed by atoms with E-state index in [4.69, 9.17) is 15.2 Å². The number of anilines is 2. The van der Waals surface area contributed by atoms with Crippen LogP contribution in [-0.2, 0) is 9.47 Å². The fourth-order valence-corrected chi connectivity index (χ4v) is 3.36. The Morgan fingerprint density at radius 2 is 1.91 bits per heavy atom. The third kappa shape index (κ3) is 4.42. The number of hydrogen-bond donors (Lipinski definition) is 2. The van der Waals surface area contributed by atoms with Gasteiger partial charge in [-0.3, -0.25) is 0 Å². The van der Waals surface area contributed by atoms with Crippen LogP contribution < -0.4 is 11.1 Å². The molecule has 3 rings (SSSR count). The van der Waals surface area contributed by atoms with E-state index in [0.29, 0.717) is 16.9 Å². The zero-order valence-electron chi connectivity index (χ0n) is 18.1. The Labute approximate surface area is 186 Å². The van der Waals surface area contributed by atoms with Gasteiger partial charge in [0.15, 0.2) is 5.69 Å². The summed E-state index contributed by atoms with van der Waals surface area (Å²) in [6.45, 7) is 3.93. The zero-order valence-corrected chi connectivity index (χ0v) is 18.1. The first-order chi connectivity index (χ1) is 15.4. The maximum Gasteiger partial charge on any atom is 0.357 e. The van der Waals surface area contributed by atoms with Gasteiger partial charge in [0.2, 0.25) is 0 Å². The Kier molecular flexibility index (Phi) is 6.80. The topological polar surface area (TPSA) is 119 Å². The van der Waals surface area contributed by atoms with E-state index >= 15 is 0 Å². The molecule has 0 aliphatic rings. The molecular weight excluding hydrogens is 408 g/mol. The summed E-state index contributed by atoms with van der Waals surface area (Å²) in [7, 11) is 1.23. The van der Waals surface area contributed by atoms with Crippen LogP contribution in [0.3, 0.4) is 0 Å². The Balaban J connectivity index is 2.18. The predicted octanol–water partition coefficient (Wildman–Crippen LogP) is 4.07. The number of rotatable bonds is 7. The predicted molar refractivity (Wildman–Crippen MR) is 121 cm³/mol. The van der Waals surface area contributed by atoms with Gasteiger partial charge in [0.1, 0.15) is 6.07 Å². The smallest absolute Gasteiger partial charge is 0.357 e. The first kappa shape index (κ1) is 22.4. The Bertz CT molecular complexity index is 1180. The van der Waals surface area contributed by atoms with E-state index in [2.05, 4.69) is 5.32 Å². The van der Waals surface area contributed by atoms with Crippen LogP contribution in [0.25, 0.3) is 5.69 Å². The van der Waals surface area contributed by atoms with E-state index in [9.17, 15) is 14.9 Å². The first-order valence-corrected chi connectivity index (χ1v) is 10.0. The van der Waals surface area contributed by atoms with Crippen molar-refractivity contribution >= 4 is 23.3 Å². The molecule has 0 saturated carbocycles. The van der Waals surface area contributed by atoms with Crippen molar-refractivity contribution in [1.29, 1.82) is 5.26 Å². The number of nitrogens with zero attached hydrogens (tertiary/aromatic N) is 2. The number of esters is 2. The van der Waals surface area contributed by atoms with Crippen molar-refractivity contribution in [3.63, 3.8) is 0 Å². The lowest BCUT2D eigenvalue weighted by Crippen LogP contribution is -2.15. The quantitative estimate of drug-likeness (QED) is 0.540. The number of nitrogens with two attached hydrogens (primary N) is 1. The first-order valence-electron chi connectivity index (χ1n) is 10.0. The summed E-state index contributed by atoms with van der Waals surface area (Å²) >= 11 is 0. The van der Waals surface area contributed by atoms with E-state index in [-0.39, 0.29) is 29.6 Å². The number of benzene rings is 2. The molecule has 8 nitrogen and oxygen atoms in total. The molecule has 0 fully saturated rings. The minimum absolute atomic E-state index is 0.000438. The van der Waals surface area contributed by atoms with Crippen LogP contribution in [-0.4, -0.2) is 30.2 Å². The molecule has 3 N–H and O–H groups in total. The highest BCUT2D eigenvalue weighted by Gasteiger charge is 2.24. The number of aromatic nitrogens is 1. The molecule has 1 heterocycles. The van der Waals surface area contributed by atoms with Gasteiger partial charge in [-0.2, -0.15) is 5.26 Å². The SMILES string of the molecule is CCOC(=O)c1ccc(NC(C)c2ccccc2)c(-n2cc(C#N)c(N)c2C(=O)OC)c1. The van der Waals surface area contributed by atoms with Gasteiger partial charge in [0, 0.05) is 12.2 Å². The van der Waals surface area contributed by atoms with Crippen LogP contribution in [0.5, 0.6) is 0 Å². The van der Waals surface area contributed by atoms with E-state index in [0.717, 1.165) is 5.56 Å². The second-order valence-corrected chi connectivity index (χ2v) is 7.01. The summed E-state index contributed by atoms with van der Waals surface area (Å²) < 4.78 is 11.5. The molecular formula is C24H24N4O4. The fraction of sp³-hybridized carbons (Fsp3) is 0.208. The van der Waals surface area contributed by atoms with E-state index in [1.807, 2.05) is 43.3 Å². The monoisotopic (exact) mass is 432 g/mol. The van der Waals surface area contributed by atoms with Crippen LogP contribution in [0, 0.1) is 11.3 Å². The number of methoxy groups -OCH3 is 1. The standard InChI is InChI=1S/C24H24N4O4/c1-4-32-23(29)17-10-11-19(27-15(2)16-8-6-5-7-9-16)20(12-17)28-14-18(13-25)21(26)22(28)24(30)31-3/h5-12,14-15,27H,4,26H2,1-3H3. The maximum absolute atomic E-state index is 12.5. The van der Waals surface area contributed by atoms with Crippen LogP contribution in [0.4, 0.5) is 11.4 Å². The fourth-order valence-electron chi connectivity index (χ4n) is 3.36. The molecule has 0 spiro atoms. The maximum atomic E-state index is 12.5. The number of hydrogen-bond acceptors (Lipinski definition) is 7. The molecule has 0 bridgehead atoms. The molecule has 8 heteroatoms. The Morgan fingerprint density at radius 3 is 2.53 bits per heavy atom. The molecule has 0 radical (unpaired) electrons. The summed E-state index contributed by atoms with van der Waals surface area (Å²) in [6.07, 6.45) is 1.45. The Hall–Kier alpha value is -4.25. The summed E-state index contributed by atoms with van der Waals surface area (Å²) in [6, 6.07) is 16.7. The number of carbonyl (C=O) groups excluding carboxylic acids is 2. The van der Waals surface area contributed by atoms with Gasteiger partial charge in [0.05, 0.1) is 41.9 Å². The van der Waals surface area contributed by atoms with Crippen molar-refractivity contribution in [3.05, 3.63) is 77.1 Å². The molecule has 2 aromatic carbocycles. The number of ether oxygens (including phenoxy) is 2. The van der Waals surface area contributed by atoms with Crippen molar-refractivity contribution in [2.75, 3.05) is 24.8 Å². The lowest BCUT2D eigenvalue weighted by atomic mass is 10.1. The number of carbonyl (C=O) groups is 2. The summed E-state index contributed by atoms with van der Waals surface area (Å²) in [5.41, 5.74) is 8.60. The van der Waals surface area contributed by atoms with Crippen molar-refractivity contribution < 1.29 is 19.1 Å². The summed E-state index contributed by atoms with van der Waals surface area (Å²) in [5, 5.41) is 12.9. The second-order valence-electron chi connectivity index (χ2n) is 7.01. The van der Waals surface area contributed by atoms with Crippen molar-refractivity contribution in [3.8, 4) is 11.8 Å². The number of nitrogens with one attached hydrogen (secondary N) is 1. The van der Waals surface area contributed by atoms with E-state index in [1.54, 1.807) is 25.1 Å². The number of nitriles is 1. The average molecular weight is 432 g/mol. The number of nitrogen functional groups attached to an aromatic ring is 1. The van der Waals surface area contributed by atoms with Gasteiger partial charge in [-0.15, -0.1) is 0 Å². The van der Waals surface area contributed by atoms with Gasteiger partial charge < -0.3 is 25.1 Å². The van der Waals surface area contributed by atoms with Gasteiger partial charge >= 0.3 is 11.9 Å². The van der Waals surface area contributed by atoms with Crippen LogP contribution in [0.15, 0.2) is 54.7 Å². The van der Waals surface area contributed by atoms with Gasteiger partial charge in [0.25, 0.3) is 0 Å². The molecule has 0 saturated heterocycles. The molecule has 32 heavy (non-hydrogen) atoms. The highest BCUT2D eigenvalue weighted by atomic mass is 16.5. The van der Waals surface area contributed by atoms with Crippen molar-refractivity contribution in [2.45, 2.75) is 19.9 Å². The van der Waals surface area contributed by atoms with Gasteiger partial charge in [-0.1, -0.05) is 30.3 Å². The zero-order chi connectivity index (χ0) is 23.3. The lowest BCUT2D eigenvalue weighted by Gasteiger charge is -2.20. The van der Waals surface area contributed by atoms with Crippen molar-refractivity contribution in [2.24, 2.45) is 0 Å².